The van der Waals surface area contributed by atoms with Crippen LogP contribution >= 0.6 is 0 Å². The van der Waals surface area contributed by atoms with E-state index >= 15 is 0 Å². The van der Waals surface area contributed by atoms with Gasteiger partial charge in [-0.25, -0.2) is 5.48 Å². The number of hydrogen-bond donors (Lipinski definition) is 2. The van der Waals surface area contributed by atoms with Gasteiger partial charge in [-0.15, -0.1) is 0 Å². The van der Waals surface area contributed by atoms with Crippen LogP contribution in [0.2, 0.25) is 0 Å². The van der Waals surface area contributed by atoms with Gasteiger partial charge in [0.2, 0.25) is 5.82 Å². The van der Waals surface area contributed by atoms with Crippen molar-refractivity contribution in [3.63, 3.8) is 0 Å². The first-order chi connectivity index (χ1) is 12.9. The first kappa shape index (κ1) is 18.4. The summed E-state index contributed by atoms with van der Waals surface area (Å²) in [5.74, 6) is -0.841. The van der Waals surface area contributed by atoms with Crippen LogP contribution < -0.4 is 10.2 Å². The Kier molecular flexibility index (Phi) is 5.08. The summed E-state index contributed by atoms with van der Waals surface area (Å²) in [6, 6.07) is 11.2. The van der Waals surface area contributed by atoms with Crippen LogP contribution in [0, 0.1) is 0 Å². The zero-order valence-corrected chi connectivity index (χ0v) is 13.5. The maximum absolute atomic E-state index is 12.5. The average molecular weight is 379 g/mol. The van der Waals surface area contributed by atoms with Crippen molar-refractivity contribution in [1.82, 2.24) is 15.6 Å². The van der Waals surface area contributed by atoms with Crippen molar-refractivity contribution in [1.29, 1.82) is 0 Å². The summed E-state index contributed by atoms with van der Waals surface area (Å²) in [7, 11) is 0. The highest BCUT2D eigenvalue weighted by Gasteiger charge is 2.30. The highest BCUT2D eigenvalue weighted by Crippen LogP contribution is 2.30. The van der Waals surface area contributed by atoms with Crippen molar-refractivity contribution in [3.05, 3.63) is 65.5 Å². The molecular formula is C17H12F3N3O4. The van der Waals surface area contributed by atoms with Crippen LogP contribution in [-0.2, 0) is 12.8 Å². The molecule has 0 fully saturated rings. The van der Waals surface area contributed by atoms with Gasteiger partial charge in [0.15, 0.2) is 0 Å². The van der Waals surface area contributed by atoms with E-state index in [0.29, 0.717) is 11.3 Å². The van der Waals surface area contributed by atoms with Gasteiger partial charge in [-0.3, -0.25) is 10.0 Å². The average Bonchev–Trinajstić information content (AvgIpc) is 3.16. The van der Waals surface area contributed by atoms with E-state index in [4.69, 9.17) is 14.5 Å². The molecule has 27 heavy (non-hydrogen) atoms. The number of nitrogens with zero attached hydrogens (tertiary/aromatic N) is 2. The second kappa shape index (κ2) is 7.46. The van der Waals surface area contributed by atoms with Crippen molar-refractivity contribution < 1.29 is 32.4 Å². The fraction of sp³-hybridized carbons (Fsp3) is 0.118. The van der Waals surface area contributed by atoms with Crippen molar-refractivity contribution in [2.75, 3.05) is 0 Å². The number of ether oxygens (including phenoxy) is 1. The Balaban J connectivity index is 1.62. The molecule has 0 atom stereocenters. The minimum absolute atomic E-state index is 0.149. The number of carbonyl (C=O) groups excluding carboxylic acids is 1. The third-order valence-electron chi connectivity index (χ3n) is 3.52. The molecule has 1 heterocycles. The van der Waals surface area contributed by atoms with Crippen LogP contribution in [0.5, 0.6) is 5.75 Å². The van der Waals surface area contributed by atoms with Gasteiger partial charge in [0.25, 0.3) is 0 Å². The topological polar surface area (TPSA) is 97.5 Å². The summed E-state index contributed by atoms with van der Waals surface area (Å²) < 4.78 is 47.7. The molecule has 3 rings (SSSR count). The van der Waals surface area contributed by atoms with Gasteiger partial charge < -0.3 is 9.26 Å². The van der Waals surface area contributed by atoms with Gasteiger partial charge in [-0.05, 0) is 29.8 Å². The molecule has 0 unspecified atom stereocenters. The Morgan fingerprint density at radius 1 is 1.11 bits per heavy atom. The normalized spacial score (nSPS) is 11.3. The van der Waals surface area contributed by atoms with Gasteiger partial charge in [-0.2, -0.15) is 18.2 Å². The molecule has 10 heteroatoms. The van der Waals surface area contributed by atoms with Gasteiger partial charge in [0.1, 0.15) is 12.4 Å². The molecule has 1 aromatic heterocycles. The zero-order valence-electron chi connectivity index (χ0n) is 13.5. The molecule has 2 aromatic carbocycles. The van der Waals surface area contributed by atoms with Crippen LogP contribution in [0.3, 0.4) is 0 Å². The first-order valence-corrected chi connectivity index (χ1v) is 7.54. The molecule has 0 aliphatic heterocycles. The maximum atomic E-state index is 12.5. The molecule has 2 N–H and O–H groups in total. The molecular weight excluding hydrogens is 367 g/mol. The number of hydroxylamine groups is 1. The lowest BCUT2D eigenvalue weighted by Gasteiger charge is -2.09. The predicted octanol–water partition coefficient (Wildman–Crippen LogP) is 3.45. The summed E-state index contributed by atoms with van der Waals surface area (Å²) in [5, 5.41) is 12.1. The largest absolute Gasteiger partial charge is 0.489 e. The highest BCUT2D eigenvalue weighted by atomic mass is 19.4. The Labute approximate surface area is 150 Å². The molecule has 0 aliphatic carbocycles. The lowest BCUT2D eigenvalue weighted by molar-refractivity contribution is -0.137. The van der Waals surface area contributed by atoms with Crippen molar-refractivity contribution in [2.45, 2.75) is 12.8 Å². The van der Waals surface area contributed by atoms with Crippen LogP contribution in [0.1, 0.15) is 21.8 Å². The van der Waals surface area contributed by atoms with Gasteiger partial charge >= 0.3 is 18.0 Å². The van der Waals surface area contributed by atoms with Crippen molar-refractivity contribution >= 4 is 5.91 Å². The van der Waals surface area contributed by atoms with Gasteiger partial charge in [-0.1, -0.05) is 29.4 Å². The summed E-state index contributed by atoms with van der Waals surface area (Å²) in [4.78, 5) is 15.0. The van der Waals surface area contributed by atoms with E-state index < -0.39 is 17.6 Å². The van der Waals surface area contributed by atoms with Gasteiger partial charge in [0, 0.05) is 5.56 Å². The van der Waals surface area contributed by atoms with Gasteiger partial charge in [0.05, 0.1) is 5.56 Å². The van der Waals surface area contributed by atoms with Crippen molar-refractivity contribution in [3.8, 4) is 17.1 Å². The molecule has 140 valence electrons. The number of benzene rings is 2. The summed E-state index contributed by atoms with van der Waals surface area (Å²) in [6.07, 6.45) is -4.39. The molecule has 0 spiro atoms. The predicted molar refractivity (Wildman–Crippen MR) is 84.8 cm³/mol. The third-order valence-corrected chi connectivity index (χ3v) is 3.52. The molecule has 0 saturated carbocycles. The second-order valence-corrected chi connectivity index (χ2v) is 5.37. The molecule has 0 bridgehead atoms. The third kappa shape index (κ3) is 4.42. The monoisotopic (exact) mass is 379 g/mol. The number of amides is 1. The second-order valence-electron chi connectivity index (χ2n) is 5.37. The van der Waals surface area contributed by atoms with E-state index in [-0.39, 0.29) is 18.3 Å². The van der Waals surface area contributed by atoms with Crippen LogP contribution in [0.4, 0.5) is 13.2 Å². The molecule has 0 aliphatic rings. The fourth-order valence-corrected chi connectivity index (χ4v) is 2.14. The summed E-state index contributed by atoms with van der Waals surface area (Å²) in [5.41, 5.74) is 1.97. The quantitative estimate of drug-likeness (QED) is 0.521. The lowest BCUT2D eigenvalue weighted by atomic mass is 10.1. The van der Waals surface area contributed by atoms with E-state index in [1.54, 1.807) is 24.3 Å². The highest BCUT2D eigenvalue weighted by molar-refractivity contribution is 5.88. The van der Waals surface area contributed by atoms with Crippen LogP contribution in [0.25, 0.3) is 11.4 Å². The van der Waals surface area contributed by atoms with Crippen molar-refractivity contribution in [2.24, 2.45) is 0 Å². The molecule has 1 amide bonds. The van der Waals surface area contributed by atoms with Crippen LogP contribution in [-0.4, -0.2) is 21.3 Å². The Morgan fingerprint density at radius 3 is 2.37 bits per heavy atom. The standard InChI is InChI=1S/C17H12F3N3O4/c18-17(19,20)12-5-7-13(8-6-12)26-9-10-1-3-11(4-2-10)14-21-16(27-23-14)15(24)22-25/h1-8,25H,9H2,(H,22,24). The Hall–Kier alpha value is -3.40. The van der Waals surface area contributed by atoms with Crippen LogP contribution in [0.15, 0.2) is 53.1 Å². The van der Waals surface area contributed by atoms with E-state index in [2.05, 4.69) is 10.1 Å². The summed E-state index contributed by atoms with van der Waals surface area (Å²) >= 11 is 0. The number of halogens is 3. The molecule has 0 radical (unpaired) electrons. The molecule has 3 aromatic rings. The summed E-state index contributed by atoms with van der Waals surface area (Å²) in [6.45, 7) is 0.149. The maximum Gasteiger partial charge on any atom is 0.416 e. The molecule has 7 nitrogen and oxygen atoms in total. The van der Waals surface area contributed by atoms with E-state index in [9.17, 15) is 18.0 Å². The fourth-order valence-electron chi connectivity index (χ4n) is 2.14. The SMILES string of the molecule is O=C(NO)c1nc(-c2ccc(COc3ccc(C(F)(F)F)cc3)cc2)no1. The Morgan fingerprint density at radius 2 is 1.78 bits per heavy atom. The minimum Gasteiger partial charge on any atom is -0.489 e. The number of rotatable bonds is 5. The number of hydrogen-bond acceptors (Lipinski definition) is 6. The Bertz CT molecular complexity index is 922. The van der Waals surface area contributed by atoms with E-state index in [1.165, 1.54) is 17.6 Å². The minimum atomic E-state index is -4.39. The zero-order chi connectivity index (χ0) is 19.4. The number of aromatic nitrogens is 2. The first-order valence-electron chi connectivity index (χ1n) is 7.54. The van der Waals surface area contributed by atoms with E-state index in [1.807, 2.05) is 0 Å². The smallest absolute Gasteiger partial charge is 0.416 e. The van der Waals surface area contributed by atoms with E-state index in [0.717, 1.165) is 17.7 Å². The number of alkyl halides is 3. The number of carbonyl (C=O) groups is 1. The number of nitrogens with one attached hydrogen (secondary N) is 1. The lowest BCUT2D eigenvalue weighted by Crippen LogP contribution is -2.18. The molecule has 0 saturated heterocycles.